The fourth-order valence-corrected chi connectivity index (χ4v) is 2.68. The molecule has 0 radical (unpaired) electrons. The van der Waals surface area contributed by atoms with E-state index in [-0.39, 0.29) is 12.1 Å². The Balaban J connectivity index is 2.33. The van der Waals surface area contributed by atoms with Crippen molar-refractivity contribution in [3.8, 4) is 5.75 Å². The summed E-state index contributed by atoms with van der Waals surface area (Å²) in [5, 5.41) is 13.0. The molecule has 2 heterocycles. The molecular weight excluding hydrogens is 258 g/mol. The first-order valence-corrected chi connectivity index (χ1v) is 6.73. The Morgan fingerprint density at radius 3 is 2.85 bits per heavy atom. The van der Waals surface area contributed by atoms with Gasteiger partial charge in [0, 0.05) is 26.2 Å². The number of nitrogens with one attached hydrogen (secondary N) is 1. The van der Waals surface area contributed by atoms with Crippen molar-refractivity contribution in [2.45, 2.75) is 18.6 Å². The van der Waals surface area contributed by atoms with E-state index in [0.29, 0.717) is 18.1 Å². The molecule has 1 fully saturated rings. The Labute approximate surface area is 119 Å². The summed E-state index contributed by atoms with van der Waals surface area (Å²) in [7, 11) is 7.46. The molecule has 1 aliphatic rings. The highest BCUT2D eigenvalue weighted by atomic mass is 16.5. The van der Waals surface area contributed by atoms with Crippen molar-refractivity contribution < 1.29 is 9.84 Å². The van der Waals surface area contributed by atoms with Gasteiger partial charge in [0.15, 0.2) is 11.6 Å². The van der Waals surface area contributed by atoms with Gasteiger partial charge in [-0.25, -0.2) is 9.97 Å². The van der Waals surface area contributed by atoms with E-state index in [9.17, 15) is 5.11 Å². The molecule has 0 bridgehead atoms. The summed E-state index contributed by atoms with van der Waals surface area (Å²) in [5.41, 5.74) is 0. The number of methoxy groups -OCH3 is 1. The highest BCUT2D eigenvalue weighted by Crippen LogP contribution is 2.35. The molecule has 112 valence electrons. The van der Waals surface area contributed by atoms with Gasteiger partial charge in [0.25, 0.3) is 0 Å². The first-order chi connectivity index (χ1) is 9.56. The quantitative estimate of drug-likeness (QED) is 0.788. The van der Waals surface area contributed by atoms with E-state index >= 15 is 0 Å². The number of ether oxygens (including phenoxy) is 1. The SMILES string of the molecule is CNc1ncnc(N2CC(O)CC2CN(C)C)c1OC. The number of aliphatic hydroxyl groups is 1. The lowest BCUT2D eigenvalue weighted by molar-refractivity contribution is 0.191. The van der Waals surface area contributed by atoms with Gasteiger partial charge in [-0.3, -0.25) is 0 Å². The molecule has 2 N–H and O–H groups in total. The third kappa shape index (κ3) is 2.94. The number of anilines is 2. The molecule has 2 unspecified atom stereocenters. The second-order valence-corrected chi connectivity index (χ2v) is 5.29. The molecule has 0 amide bonds. The minimum absolute atomic E-state index is 0.216. The summed E-state index contributed by atoms with van der Waals surface area (Å²) in [6, 6.07) is 0.216. The van der Waals surface area contributed by atoms with Gasteiger partial charge >= 0.3 is 0 Å². The van der Waals surface area contributed by atoms with Gasteiger partial charge in [-0.05, 0) is 20.5 Å². The van der Waals surface area contributed by atoms with Gasteiger partial charge in [-0.2, -0.15) is 0 Å². The van der Waals surface area contributed by atoms with Gasteiger partial charge in [0.05, 0.1) is 13.2 Å². The number of nitrogens with zero attached hydrogens (tertiary/aromatic N) is 4. The van der Waals surface area contributed by atoms with Crippen LogP contribution in [0.1, 0.15) is 6.42 Å². The normalized spacial score (nSPS) is 22.4. The largest absolute Gasteiger partial charge is 0.490 e. The molecule has 2 atom stereocenters. The fraction of sp³-hybridized carbons (Fsp3) is 0.692. The first-order valence-electron chi connectivity index (χ1n) is 6.73. The van der Waals surface area contributed by atoms with Crippen LogP contribution in [0, 0.1) is 0 Å². The molecule has 7 nitrogen and oxygen atoms in total. The van der Waals surface area contributed by atoms with Crippen LogP contribution in [0.25, 0.3) is 0 Å². The number of aromatic nitrogens is 2. The van der Waals surface area contributed by atoms with Gasteiger partial charge in [0.2, 0.25) is 5.75 Å². The third-order valence-corrected chi connectivity index (χ3v) is 3.47. The Morgan fingerprint density at radius 2 is 2.25 bits per heavy atom. The number of hydrogen-bond acceptors (Lipinski definition) is 7. The van der Waals surface area contributed by atoms with Gasteiger partial charge in [-0.15, -0.1) is 0 Å². The molecule has 1 aromatic heterocycles. The Morgan fingerprint density at radius 1 is 1.50 bits per heavy atom. The van der Waals surface area contributed by atoms with Crippen molar-refractivity contribution in [3.63, 3.8) is 0 Å². The van der Waals surface area contributed by atoms with Crippen LogP contribution in [0.15, 0.2) is 6.33 Å². The van der Waals surface area contributed by atoms with E-state index < -0.39 is 0 Å². The molecule has 2 rings (SSSR count). The van der Waals surface area contributed by atoms with Crippen molar-refractivity contribution in [2.75, 3.05) is 51.6 Å². The molecule has 20 heavy (non-hydrogen) atoms. The Hall–Kier alpha value is -1.60. The average Bonchev–Trinajstić information content (AvgIpc) is 2.77. The predicted molar refractivity (Wildman–Crippen MR) is 78.4 cm³/mol. The molecule has 1 aliphatic heterocycles. The zero-order valence-corrected chi connectivity index (χ0v) is 12.5. The maximum atomic E-state index is 9.97. The van der Waals surface area contributed by atoms with Crippen molar-refractivity contribution >= 4 is 11.6 Å². The number of β-amino-alcohol motifs (C(OH)–C–C–N with tert-alkyl or cyclic N) is 1. The Kier molecular flexibility index (Phi) is 4.61. The topological polar surface area (TPSA) is 73.8 Å². The standard InChI is InChI=1S/C13H23N5O2/c1-14-12-11(20-4)13(16-8-15-12)18-7-10(19)5-9(18)6-17(2)3/h8-10,19H,5-7H2,1-4H3,(H,14,15,16). The number of likely N-dealkylation sites (N-methyl/N-ethyl adjacent to an activating group) is 1. The summed E-state index contributed by atoms with van der Waals surface area (Å²) < 4.78 is 5.44. The predicted octanol–water partition coefficient (Wildman–Crippen LogP) is 0.0281. The smallest absolute Gasteiger partial charge is 0.204 e. The van der Waals surface area contributed by atoms with Gasteiger partial charge in [0.1, 0.15) is 6.33 Å². The maximum absolute atomic E-state index is 9.97. The number of aliphatic hydroxyl groups excluding tert-OH is 1. The average molecular weight is 281 g/mol. The molecule has 7 heteroatoms. The molecule has 0 saturated carbocycles. The lowest BCUT2D eigenvalue weighted by Crippen LogP contribution is -2.38. The first kappa shape index (κ1) is 14.8. The van der Waals surface area contributed by atoms with E-state index in [4.69, 9.17) is 4.74 Å². The highest BCUT2D eigenvalue weighted by molar-refractivity contribution is 5.65. The molecule has 0 spiro atoms. The van der Waals surface area contributed by atoms with Crippen LogP contribution >= 0.6 is 0 Å². The van der Waals surface area contributed by atoms with Crippen LogP contribution in [0.2, 0.25) is 0 Å². The summed E-state index contributed by atoms with van der Waals surface area (Å²) in [4.78, 5) is 12.7. The van der Waals surface area contributed by atoms with Crippen LogP contribution in [-0.4, -0.2) is 73.5 Å². The summed E-state index contributed by atoms with van der Waals surface area (Å²) in [5.74, 6) is 2.01. The van der Waals surface area contributed by atoms with E-state index in [0.717, 1.165) is 18.8 Å². The maximum Gasteiger partial charge on any atom is 0.204 e. The fourth-order valence-electron chi connectivity index (χ4n) is 2.68. The van der Waals surface area contributed by atoms with E-state index in [1.165, 1.54) is 6.33 Å². The molecule has 1 saturated heterocycles. The lowest BCUT2D eigenvalue weighted by Gasteiger charge is -2.29. The molecule has 0 aliphatic carbocycles. The second kappa shape index (κ2) is 6.23. The van der Waals surface area contributed by atoms with Crippen LogP contribution in [0.3, 0.4) is 0 Å². The summed E-state index contributed by atoms with van der Waals surface area (Å²) >= 11 is 0. The van der Waals surface area contributed by atoms with Gasteiger partial charge in [-0.1, -0.05) is 0 Å². The van der Waals surface area contributed by atoms with Gasteiger partial charge < -0.3 is 25.0 Å². The molecule has 0 aromatic carbocycles. The highest BCUT2D eigenvalue weighted by Gasteiger charge is 2.34. The monoisotopic (exact) mass is 281 g/mol. The molecular formula is C13H23N5O2. The van der Waals surface area contributed by atoms with Crippen molar-refractivity contribution in [1.82, 2.24) is 14.9 Å². The van der Waals surface area contributed by atoms with E-state index in [1.807, 2.05) is 14.1 Å². The minimum atomic E-state index is -0.336. The van der Waals surface area contributed by atoms with Crippen LogP contribution in [0.4, 0.5) is 11.6 Å². The Bertz CT molecular complexity index is 454. The second-order valence-electron chi connectivity index (χ2n) is 5.29. The zero-order chi connectivity index (χ0) is 14.7. The van der Waals surface area contributed by atoms with Crippen LogP contribution in [-0.2, 0) is 0 Å². The third-order valence-electron chi connectivity index (χ3n) is 3.47. The van der Waals surface area contributed by atoms with Crippen molar-refractivity contribution in [1.29, 1.82) is 0 Å². The van der Waals surface area contributed by atoms with E-state index in [1.54, 1.807) is 14.2 Å². The summed E-state index contributed by atoms with van der Waals surface area (Å²) in [6.45, 7) is 1.42. The van der Waals surface area contributed by atoms with Crippen molar-refractivity contribution in [2.24, 2.45) is 0 Å². The van der Waals surface area contributed by atoms with E-state index in [2.05, 4.69) is 25.1 Å². The summed E-state index contributed by atoms with van der Waals surface area (Å²) in [6.07, 6.45) is 1.92. The number of rotatable bonds is 5. The minimum Gasteiger partial charge on any atom is -0.490 e. The van der Waals surface area contributed by atoms with Crippen LogP contribution in [0.5, 0.6) is 5.75 Å². The van der Waals surface area contributed by atoms with Crippen molar-refractivity contribution in [3.05, 3.63) is 6.33 Å². The molecule has 1 aromatic rings. The lowest BCUT2D eigenvalue weighted by atomic mass is 10.2. The number of hydrogen-bond donors (Lipinski definition) is 2. The zero-order valence-electron chi connectivity index (χ0n) is 12.5. The van der Waals surface area contributed by atoms with Crippen LogP contribution < -0.4 is 15.0 Å².